The number of aromatic amines is 1. The van der Waals surface area contributed by atoms with Gasteiger partial charge in [-0.25, -0.2) is 18.1 Å². The Morgan fingerprint density at radius 3 is 2.38 bits per heavy atom. The molecule has 0 atom stereocenters. The third-order valence-corrected chi connectivity index (χ3v) is 5.86. The second-order valence-electron chi connectivity index (χ2n) is 5.06. The minimum Gasteiger partial charge on any atom is -0.319 e. The van der Waals surface area contributed by atoms with Gasteiger partial charge in [0.05, 0.1) is 26.1 Å². The fourth-order valence-electron chi connectivity index (χ4n) is 2.12. The Morgan fingerprint density at radius 2 is 1.69 bits per heavy atom. The SMILES string of the molecule is O=C(NS(=O)(=O)c1ccccc1Cl)c1nc2cc(Cl)c(Cl)cc2[nH]c1=O. The van der Waals surface area contributed by atoms with Crippen molar-refractivity contribution in [3.8, 4) is 0 Å². The predicted octanol–water partition coefficient (Wildman–Crippen LogP) is 3.00. The Hall–Kier alpha value is -2.13. The summed E-state index contributed by atoms with van der Waals surface area (Å²) in [5.41, 5.74) is -1.12. The largest absolute Gasteiger partial charge is 0.319 e. The lowest BCUT2D eigenvalue weighted by Gasteiger charge is -2.08. The molecule has 1 amide bonds. The highest BCUT2D eigenvalue weighted by Crippen LogP contribution is 2.25. The number of hydrogen-bond acceptors (Lipinski definition) is 5. The summed E-state index contributed by atoms with van der Waals surface area (Å²) in [7, 11) is -4.29. The van der Waals surface area contributed by atoms with Gasteiger partial charge in [0.1, 0.15) is 4.90 Å². The molecule has 0 saturated carbocycles. The van der Waals surface area contributed by atoms with Crippen LogP contribution in [0.3, 0.4) is 0 Å². The van der Waals surface area contributed by atoms with Crippen molar-refractivity contribution in [3.63, 3.8) is 0 Å². The second-order valence-corrected chi connectivity index (χ2v) is 7.94. The first kappa shape index (κ1) is 18.7. The average Bonchev–Trinajstić information content (AvgIpc) is 2.55. The molecule has 1 aromatic heterocycles. The fraction of sp³-hybridized carbons (Fsp3) is 0. The van der Waals surface area contributed by atoms with Crippen molar-refractivity contribution in [2.45, 2.75) is 4.90 Å². The summed E-state index contributed by atoms with van der Waals surface area (Å²) in [6.07, 6.45) is 0. The lowest BCUT2D eigenvalue weighted by molar-refractivity contribution is 0.0975. The molecule has 11 heteroatoms. The van der Waals surface area contributed by atoms with E-state index in [0.717, 1.165) is 0 Å². The van der Waals surface area contributed by atoms with E-state index in [-0.39, 0.29) is 31.0 Å². The number of fused-ring (bicyclic) bond motifs is 1. The van der Waals surface area contributed by atoms with Crippen molar-refractivity contribution in [2.75, 3.05) is 0 Å². The van der Waals surface area contributed by atoms with Crippen LogP contribution >= 0.6 is 34.8 Å². The number of nitrogens with zero attached hydrogens (tertiary/aromatic N) is 1. The molecular formula is C15H8Cl3N3O4S. The number of amides is 1. The number of rotatable bonds is 3. The average molecular weight is 433 g/mol. The van der Waals surface area contributed by atoms with E-state index in [2.05, 4.69) is 9.97 Å². The first-order chi connectivity index (χ1) is 12.2. The van der Waals surface area contributed by atoms with Gasteiger partial charge in [0.2, 0.25) is 0 Å². The number of sulfonamides is 1. The van der Waals surface area contributed by atoms with Crippen molar-refractivity contribution in [3.05, 3.63) is 67.5 Å². The summed E-state index contributed by atoms with van der Waals surface area (Å²) in [5.74, 6) is -1.21. The number of carbonyl (C=O) groups excluding carboxylic acids is 1. The van der Waals surface area contributed by atoms with Crippen molar-refractivity contribution >= 4 is 61.8 Å². The molecule has 0 spiro atoms. The van der Waals surface area contributed by atoms with E-state index < -0.39 is 27.2 Å². The van der Waals surface area contributed by atoms with Gasteiger partial charge in [0.25, 0.3) is 21.5 Å². The van der Waals surface area contributed by atoms with Gasteiger partial charge >= 0.3 is 0 Å². The van der Waals surface area contributed by atoms with Gasteiger partial charge in [0, 0.05) is 0 Å². The molecule has 0 fully saturated rings. The molecule has 0 aliphatic carbocycles. The Bertz CT molecular complexity index is 1210. The van der Waals surface area contributed by atoms with E-state index in [1.165, 1.54) is 36.4 Å². The van der Waals surface area contributed by atoms with Crippen LogP contribution < -0.4 is 10.3 Å². The number of benzene rings is 2. The third kappa shape index (κ3) is 3.54. The molecule has 0 unspecified atom stereocenters. The van der Waals surface area contributed by atoms with Crippen LogP contribution in [-0.4, -0.2) is 24.3 Å². The smallest absolute Gasteiger partial charge is 0.289 e. The molecule has 0 radical (unpaired) electrons. The molecule has 0 aliphatic rings. The topological polar surface area (TPSA) is 109 Å². The van der Waals surface area contributed by atoms with Crippen LogP contribution in [0.5, 0.6) is 0 Å². The van der Waals surface area contributed by atoms with E-state index in [9.17, 15) is 18.0 Å². The second kappa shape index (κ2) is 6.88. The van der Waals surface area contributed by atoms with Gasteiger partial charge in [-0.15, -0.1) is 0 Å². The number of nitrogens with one attached hydrogen (secondary N) is 2. The lowest BCUT2D eigenvalue weighted by Crippen LogP contribution is -2.35. The monoisotopic (exact) mass is 431 g/mol. The molecule has 2 N–H and O–H groups in total. The number of hydrogen-bond donors (Lipinski definition) is 2. The summed E-state index contributed by atoms with van der Waals surface area (Å²) >= 11 is 17.6. The summed E-state index contributed by atoms with van der Waals surface area (Å²) in [5, 5.41) is 0.276. The highest BCUT2D eigenvalue weighted by atomic mass is 35.5. The standard InChI is InChI=1S/C15H8Cl3N3O4S/c16-7-3-1-2-4-12(7)26(24,25)21-15(23)13-14(22)20-11-6-9(18)8(17)5-10(11)19-13/h1-6H,(H,20,22)(H,21,23). The maximum Gasteiger partial charge on any atom is 0.289 e. The van der Waals surface area contributed by atoms with Crippen LogP contribution in [0.4, 0.5) is 0 Å². The molecule has 26 heavy (non-hydrogen) atoms. The van der Waals surface area contributed by atoms with Gasteiger partial charge in [-0.2, -0.15) is 0 Å². The zero-order valence-electron chi connectivity index (χ0n) is 12.6. The summed E-state index contributed by atoms with van der Waals surface area (Å²) in [4.78, 5) is 30.3. The van der Waals surface area contributed by atoms with Gasteiger partial charge in [-0.1, -0.05) is 46.9 Å². The zero-order chi connectivity index (χ0) is 19.1. The Balaban J connectivity index is 2.03. The third-order valence-electron chi connectivity index (χ3n) is 3.30. The highest BCUT2D eigenvalue weighted by molar-refractivity contribution is 7.90. The molecule has 0 saturated heterocycles. The molecular weight excluding hydrogens is 425 g/mol. The predicted molar refractivity (Wildman–Crippen MR) is 98.5 cm³/mol. The minimum absolute atomic E-state index is 0.0744. The van der Waals surface area contributed by atoms with E-state index in [1.54, 1.807) is 4.72 Å². The highest BCUT2D eigenvalue weighted by Gasteiger charge is 2.24. The minimum atomic E-state index is -4.29. The molecule has 2 aromatic carbocycles. The molecule has 0 aliphatic heterocycles. The molecule has 134 valence electrons. The number of carbonyl (C=O) groups is 1. The van der Waals surface area contributed by atoms with Crippen LogP contribution in [0.1, 0.15) is 10.5 Å². The fourth-order valence-corrected chi connectivity index (χ4v) is 3.92. The maximum atomic E-state index is 12.3. The maximum absolute atomic E-state index is 12.3. The lowest BCUT2D eigenvalue weighted by atomic mass is 10.3. The summed E-state index contributed by atoms with van der Waals surface area (Å²) in [6.45, 7) is 0. The van der Waals surface area contributed by atoms with Crippen LogP contribution in [0.15, 0.2) is 46.1 Å². The van der Waals surface area contributed by atoms with Crippen LogP contribution in [0.2, 0.25) is 15.1 Å². The zero-order valence-corrected chi connectivity index (χ0v) is 15.7. The molecule has 1 heterocycles. The Morgan fingerprint density at radius 1 is 1.04 bits per heavy atom. The van der Waals surface area contributed by atoms with Crippen LogP contribution in [0, 0.1) is 0 Å². The van der Waals surface area contributed by atoms with E-state index in [0.29, 0.717) is 0 Å². The van der Waals surface area contributed by atoms with Crippen LogP contribution in [-0.2, 0) is 10.0 Å². The van der Waals surface area contributed by atoms with Gasteiger partial charge in [-0.05, 0) is 24.3 Å². The van der Waals surface area contributed by atoms with Gasteiger partial charge in [-0.3, -0.25) is 9.59 Å². The number of aromatic nitrogens is 2. The first-order valence-electron chi connectivity index (χ1n) is 6.90. The van der Waals surface area contributed by atoms with Crippen molar-refractivity contribution in [1.82, 2.24) is 14.7 Å². The van der Waals surface area contributed by atoms with Crippen molar-refractivity contribution < 1.29 is 13.2 Å². The Kier molecular flexibility index (Phi) is 4.94. The Labute approximate surface area is 162 Å². The van der Waals surface area contributed by atoms with Crippen molar-refractivity contribution in [1.29, 1.82) is 0 Å². The van der Waals surface area contributed by atoms with Gasteiger partial charge in [0.15, 0.2) is 5.69 Å². The summed E-state index contributed by atoms with van der Waals surface area (Å²) in [6, 6.07) is 8.26. The molecule has 0 bridgehead atoms. The molecule has 7 nitrogen and oxygen atoms in total. The normalized spacial score (nSPS) is 11.5. The molecule has 3 rings (SSSR count). The number of H-pyrrole nitrogens is 1. The van der Waals surface area contributed by atoms with Crippen molar-refractivity contribution in [2.24, 2.45) is 0 Å². The quantitative estimate of drug-likeness (QED) is 0.661. The molecule has 3 aromatic rings. The number of halogens is 3. The first-order valence-corrected chi connectivity index (χ1v) is 9.51. The van der Waals surface area contributed by atoms with E-state index in [1.807, 2.05) is 0 Å². The van der Waals surface area contributed by atoms with Crippen LogP contribution in [0.25, 0.3) is 11.0 Å². The van der Waals surface area contributed by atoms with E-state index >= 15 is 0 Å². The van der Waals surface area contributed by atoms with E-state index in [4.69, 9.17) is 34.8 Å². The van der Waals surface area contributed by atoms with Gasteiger partial charge < -0.3 is 4.98 Å². The summed E-state index contributed by atoms with van der Waals surface area (Å²) < 4.78 is 26.4.